The summed E-state index contributed by atoms with van der Waals surface area (Å²) in [5.41, 5.74) is 0. The molecule has 1 unspecified atom stereocenters. The normalized spacial score (nSPS) is 15.4. The van der Waals surface area contributed by atoms with Gasteiger partial charge >= 0.3 is 19.8 Å². The molecule has 0 aliphatic carbocycles. The second kappa shape index (κ2) is 42.3. The molecular weight excluding hydrogens is 783 g/mol. The van der Waals surface area contributed by atoms with E-state index in [0.29, 0.717) is 19.3 Å². The van der Waals surface area contributed by atoms with E-state index in [0.717, 1.165) is 70.6 Å². The van der Waals surface area contributed by atoms with Crippen molar-refractivity contribution in [2.45, 2.75) is 154 Å². The van der Waals surface area contributed by atoms with Crippen LogP contribution < -0.4 is 0 Å². The van der Waals surface area contributed by atoms with E-state index in [-0.39, 0.29) is 18.9 Å². The molecule has 0 aliphatic rings. The Morgan fingerprint density at radius 3 is 1.45 bits per heavy atom. The first kappa shape index (κ1) is 56.6. The number of phosphoric acid groups is 1. The van der Waals surface area contributed by atoms with Gasteiger partial charge in [-0.25, -0.2) is 4.57 Å². The van der Waals surface area contributed by atoms with Gasteiger partial charge in [-0.1, -0.05) is 129 Å². The van der Waals surface area contributed by atoms with E-state index in [1.165, 1.54) is 19.3 Å². The summed E-state index contributed by atoms with van der Waals surface area (Å²) in [5, 5.41) is 27.6. The van der Waals surface area contributed by atoms with Crippen LogP contribution in [0.25, 0.3) is 0 Å². The maximum absolute atomic E-state index is 12.6. The highest BCUT2D eigenvalue weighted by Crippen LogP contribution is 2.43. The fraction of sp³-hybridized carbons (Fsp3) is 0.583. The van der Waals surface area contributed by atoms with E-state index in [9.17, 15) is 29.3 Å². The SMILES string of the molecule is CCCCC/C=C\C/C=C\C/C=C\C/C=C\C/C=C\CCC(=O)OC[C@H](COP(=O)(O)OC[C@@H](O)CO)OC(=O)CCC/C=C\C/C=C\C/C=C\C/C=C\CCC[C@H](C)O. The molecule has 0 saturated heterocycles. The molecule has 4 N–H and O–H groups in total. The molecule has 0 fully saturated rings. The summed E-state index contributed by atoms with van der Waals surface area (Å²) in [6.07, 6.45) is 50.6. The van der Waals surface area contributed by atoms with E-state index >= 15 is 0 Å². The zero-order valence-electron chi connectivity index (χ0n) is 36.5. The lowest BCUT2D eigenvalue weighted by Crippen LogP contribution is -2.29. The second-order valence-corrected chi connectivity index (χ2v) is 15.7. The van der Waals surface area contributed by atoms with Gasteiger partial charge in [-0.15, -0.1) is 0 Å². The third-order valence-corrected chi connectivity index (χ3v) is 9.38. The zero-order chi connectivity index (χ0) is 44.2. The molecule has 0 rings (SSSR count). The first-order chi connectivity index (χ1) is 29.1. The third kappa shape index (κ3) is 42.7. The summed E-state index contributed by atoms with van der Waals surface area (Å²) in [4.78, 5) is 34.9. The highest BCUT2D eigenvalue weighted by atomic mass is 31.2. The number of esters is 2. The number of aliphatic hydroxyl groups is 3. The van der Waals surface area contributed by atoms with E-state index in [1.807, 2.05) is 31.2 Å². The molecule has 0 aromatic rings. The average Bonchev–Trinajstić information content (AvgIpc) is 3.22. The molecule has 0 spiro atoms. The first-order valence-corrected chi connectivity index (χ1v) is 23.4. The Labute approximate surface area is 361 Å². The standard InChI is InChI=1S/C48H77O11P/c1-3-4-5-6-7-8-9-10-11-12-13-14-17-20-23-26-29-32-35-38-47(52)56-42-46(43-58-60(54,55)57-41-45(51)40-49)59-48(53)39-36-33-30-27-24-21-18-15-16-19-22-25-28-31-34-37-44(2)50/h7-8,10-11,13-14,16,18-21,23,25,27-30,32,44-46,49-51H,3-6,9,12,15,17,22,24,26,31,33-43H2,1-2H3,(H,54,55)/b8-7-,11-10-,14-13-,19-16-,21-18-,23-20-,28-25-,30-27-,32-29-/t44-,45-,46+/m0/s1. The van der Waals surface area contributed by atoms with Crippen molar-refractivity contribution >= 4 is 19.8 Å². The predicted molar refractivity (Wildman–Crippen MR) is 243 cm³/mol. The number of unbranched alkanes of at least 4 members (excludes halogenated alkanes) is 5. The number of phosphoric ester groups is 1. The topological polar surface area (TPSA) is 169 Å². The Morgan fingerprint density at radius 1 is 0.550 bits per heavy atom. The van der Waals surface area contributed by atoms with E-state index in [1.54, 1.807) is 0 Å². The number of carbonyl (C=O) groups excluding carboxylic acids is 2. The highest BCUT2D eigenvalue weighted by Gasteiger charge is 2.27. The Hall–Kier alpha value is -3.41. The van der Waals surface area contributed by atoms with Crippen molar-refractivity contribution in [2.75, 3.05) is 26.4 Å². The molecule has 0 aromatic carbocycles. The molecule has 0 amide bonds. The van der Waals surface area contributed by atoms with Crippen molar-refractivity contribution in [2.24, 2.45) is 0 Å². The van der Waals surface area contributed by atoms with Crippen molar-refractivity contribution in [3.05, 3.63) is 109 Å². The number of carbonyl (C=O) groups is 2. The Bertz CT molecular complexity index is 1370. The molecule has 0 aromatic heterocycles. The fourth-order valence-corrected chi connectivity index (χ4v) is 5.83. The number of ether oxygens (including phenoxy) is 2. The maximum atomic E-state index is 12.6. The summed E-state index contributed by atoms with van der Waals surface area (Å²) in [6.45, 7) is 1.72. The summed E-state index contributed by atoms with van der Waals surface area (Å²) < 4.78 is 32.5. The molecule has 0 bridgehead atoms. The summed E-state index contributed by atoms with van der Waals surface area (Å²) in [5.74, 6) is -1.12. The van der Waals surface area contributed by atoms with Gasteiger partial charge in [0.15, 0.2) is 6.10 Å². The summed E-state index contributed by atoms with van der Waals surface area (Å²) >= 11 is 0. The number of aliphatic hydroxyl groups excluding tert-OH is 3. The monoisotopic (exact) mass is 861 g/mol. The van der Waals surface area contributed by atoms with Gasteiger partial charge in [-0.05, 0) is 103 Å². The van der Waals surface area contributed by atoms with Crippen molar-refractivity contribution in [3.63, 3.8) is 0 Å². The van der Waals surface area contributed by atoms with Crippen molar-refractivity contribution in [1.29, 1.82) is 0 Å². The number of hydrogen-bond donors (Lipinski definition) is 4. The largest absolute Gasteiger partial charge is 0.472 e. The van der Waals surface area contributed by atoms with Crippen molar-refractivity contribution in [3.8, 4) is 0 Å². The van der Waals surface area contributed by atoms with Crippen LogP contribution >= 0.6 is 7.82 Å². The lowest BCUT2D eigenvalue weighted by Gasteiger charge is -2.20. The van der Waals surface area contributed by atoms with Gasteiger partial charge in [0, 0.05) is 12.8 Å². The Kier molecular flexibility index (Phi) is 39.9. The van der Waals surface area contributed by atoms with Crippen LogP contribution in [0.2, 0.25) is 0 Å². The molecule has 340 valence electrons. The first-order valence-electron chi connectivity index (χ1n) is 21.9. The number of allylic oxidation sites excluding steroid dienone is 18. The van der Waals surface area contributed by atoms with Crippen LogP contribution in [0.4, 0.5) is 0 Å². The van der Waals surface area contributed by atoms with Gasteiger partial charge in [-0.3, -0.25) is 18.6 Å². The molecule has 60 heavy (non-hydrogen) atoms. The van der Waals surface area contributed by atoms with E-state index < -0.39 is 58.4 Å². The van der Waals surface area contributed by atoms with Crippen LogP contribution in [0.3, 0.4) is 0 Å². The number of hydrogen-bond acceptors (Lipinski definition) is 10. The van der Waals surface area contributed by atoms with Gasteiger partial charge in [0.25, 0.3) is 0 Å². The molecule has 0 aliphatic heterocycles. The second-order valence-electron chi connectivity index (χ2n) is 14.3. The molecule has 0 radical (unpaired) electrons. The van der Waals surface area contributed by atoms with Gasteiger partial charge in [0.05, 0.1) is 25.9 Å². The lowest BCUT2D eigenvalue weighted by atomic mass is 10.1. The summed E-state index contributed by atoms with van der Waals surface area (Å²) in [6, 6.07) is 0. The quantitative estimate of drug-likeness (QED) is 0.0201. The Morgan fingerprint density at radius 2 is 0.983 bits per heavy atom. The van der Waals surface area contributed by atoms with Crippen molar-refractivity contribution < 1.29 is 52.9 Å². The minimum Gasteiger partial charge on any atom is -0.462 e. The molecule has 11 nitrogen and oxygen atoms in total. The van der Waals surface area contributed by atoms with Gasteiger partial charge in [0.1, 0.15) is 12.7 Å². The van der Waals surface area contributed by atoms with Crippen LogP contribution in [-0.4, -0.2) is 76.9 Å². The van der Waals surface area contributed by atoms with Gasteiger partial charge in [0.2, 0.25) is 0 Å². The minimum absolute atomic E-state index is 0.0740. The maximum Gasteiger partial charge on any atom is 0.472 e. The molecule has 12 heteroatoms. The molecule has 4 atom stereocenters. The van der Waals surface area contributed by atoms with Crippen LogP contribution in [0, 0.1) is 0 Å². The fourth-order valence-electron chi connectivity index (χ4n) is 5.04. The van der Waals surface area contributed by atoms with Crippen LogP contribution in [-0.2, 0) is 32.7 Å². The Balaban J connectivity index is 4.53. The molecular formula is C48H77O11P. The van der Waals surface area contributed by atoms with Crippen molar-refractivity contribution in [1.82, 2.24) is 0 Å². The van der Waals surface area contributed by atoms with Crippen LogP contribution in [0.15, 0.2) is 109 Å². The highest BCUT2D eigenvalue weighted by molar-refractivity contribution is 7.47. The van der Waals surface area contributed by atoms with E-state index in [4.69, 9.17) is 19.1 Å². The van der Waals surface area contributed by atoms with Gasteiger partial charge in [-0.2, -0.15) is 0 Å². The zero-order valence-corrected chi connectivity index (χ0v) is 37.4. The predicted octanol–water partition coefficient (Wildman–Crippen LogP) is 10.7. The van der Waals surface area contributed by atoms with Crippen LogP contribution in [0.1, 0.15) is 136 Å². The van der Waals surface area contributed by atoms with Gasteiger partial charge < -0.3 is 29.7 Å². The number of rotatable bonds is 39. The molecule has 0 saturated carbocycles. The lowest BCUT2D eigenvalue weighted by molar-refractivity contribution is -0.161. The third-order valence-electron chi connectivity index (χ3n) is 8.43. The molecule has 0 heterocycles. The van der Waals surface area contributed by atoms with E-state index in [2.05, 4.69) is 96.5 Å². The summed E-state index contributed by atoms with van der Waals surface area (Å²) in [7, 11) is -4.66. The minimum atomic E-state index is -4.66. The average molecular weight is 861 g/mol. The smallest absolute Gasteiger partial charge is 0.462 e. The van der Waals surface area contributed by atoms with Crippen LogP contribution in [0.5, 0.6) is 0 Å².